The van der Waals surface area contributed by atoms with E-state index in [1.807, 2.05) is 23.5 Å². The van der Waals surface area contributed by atoms with Crippen LogP contribution in [0.1, 0.15) is 44.9 Å². The number of carbonyl (C=O) groups is 2. The van der Waals surface area contributed by atoms with Gasteiger partial charge in [0.1, 0.15) is 12.1 Å². The number of amides is 1. The minimum atomic E-state index is -0.364. The van der Waals surface area contributed by atoms with Gasteiger partial charge in [0.25, 0.3) is 0 Å². The van der Waals surface area contributed by atoms with Crippen molar-refractivity contribution in [3.8, 4) is 0 Å². The first-order chi connectivity index (χ1) is 19.0. The van der Waals surface area contributed by atoms with Crippen LogP contribution in [0.4, 0.5) is 0 Å². The number of nitrogens with zero attached hydrogens (tertiary/aromatic N) is 1. The van der Waals surface area contributed by atoms with Crippen molar-refractivity contribution in [3.63, 3.8) is 0 Å². The van der Waals surface area contributed by atoms with E-state index in [1.54, 1.807) is 6.08 Å². The SMILES string of the molecule is NC(=O)C1NCC(N[C@H]2CCCC[C@H]2[NH3+])CC1NC1CCC(C2COC3C(=O)C=C(N4CCOCC4)SC32)S1. The van der Waals surface area contributed by atoms with E-state index >= 15 is 0 Å². The quantitative estimate of drug-likeness (QED) is 0.264. The summed E-state index contributed by atoms with van der Waals surface area (Å²) in [4.78, 5) is 27.6. The molecule has 1 amide bonds. The molecule has 39 heavy (non-hydrogen) atoms. The molecule has 1 aliphatic carbocycles. The number of rotatable bonds is 7. The van der Waals surface area contributed by atoms with Gasteiger partial charge in [0, 0.05) is 55.4 Å². The Labute approximate surface area is 239 Å². The molecule has 10 nitrogen and oxygen atoms in total. The standard InChI is InChI=1S/C27H44N6O4S2/c28-17-3-1-2-4-18(17)31-15-11-19(24(27(29)35)30-13-15)32-22-6-5-21(38-22)16-14-37-25-20(34)12-23(39-26(16)25)33-7-9-36-10-8-33/h12,15-19,21-22,24-26,30-32H,1-11,13-14,28H2,(H2,29,35)/p+1/t15?,16?,17-,18+,19?,21?,22?,24?,25?,26?/m1/s1. The third kappa shape index (κ3) is 6.33. The molecule has 0 radical (unpaired) electrons. The first-order valence-electron chi connectivity index (χ1n) is 14.9. The predicted molar refractivity (Wildman–Crippen MR) is 153 cm³/mol. The fourth-order valence-corrected chi connectivity index (χ4v) is 10.6. The highest BCUT2D eigenvalue weighted by molar-refractivity contribution is 8.04. The van der Waals surface area contributed by atoms with Gasteiger partial charge in [0.15, 0.2) is 5.78 Å². The molecule has 4 saturated heterocycles. The van der Waals surface area contributed by atoms with Crippen LogP contribution in [0.15, 0.2) is 11.1 Å². The molecule has 10 atom stereocenters. The molecule has 12 heteroatoms. The van der Waals surface area contributed by atoms with Crippen molar-refractivity contribution < 1.29 is 24.8 Å². The van der Waals surface area contributed by atoms with E-state index in [-0.39, 0.29) is 40.5 Å². The Bertz CT molecular complexity index is 936. The molecule has 8 N–H and O–H groups in total. The lowest BCUT2D eigenvalue weighted by molar-refractivity contribution is -0.431. The van der Waals surface area contributed by atoms with Gasteiger partial charge in [-0.1, -0.05) is 6.42 Å². The van der Waals surface area contributed by atoms with Gasteiger partial charge >= 0.3 is 0 Å². The number of nitrogens with two attached hydrogens (primary N) is 1. The molecule has 6 aliphatic rings. The number of hydrogen-bond acceptors (Lipinski definition) is 10. The van der Waals surface area contributed by atoms with E-state index in [2.05, 4.69) is 26.6 Å². The number of nitrogens with one attached hydrogen (secondary N) is 3. The lowest BCUT2D eigenvalue weighted by Crippen LogP contribution is -2.72. The van der Waals surface area contributed by atoms with Gasteiger partial charge in [-0.3, -0.25) is 9.59 Å². The number of quaternary nitrogens is 1. The van der Waals surface area contributed by atoms with Gasteiger partial charge in [-0.15, -0.1) is 23.5 Å². The Kier molecular flexibility index (Phi) is 9.11. The summed E-state index contributed by atoms with van der Waals surface area (Å²) < 4.78 is 11.6. The summed E-state index contributed by atoms with van der Waals surface area (Å²) in [5.41, 5.74) is 10.2. The summed E-state index contributed by atoms with van der Waals surface area (Å²) in [5, 5.41) is 13.0. The van der Waals surface area contributed by atoms with Crippen molar-refractivity contribution in [2.75, 3.05) is 39.5 Å². The molecule has 5 heterocycles. The minimum absolute atomic E-state index is 0.00841. The van der Waals surface area contributed by atoms with E-state index in [0.29, 0.717) is 49.1 Å². The molecule has 0 aromatic rings. The van der Waals surface area contributed by atoms with Gasteiger partial charge in [0.05, 0.1) is 47.6 Å². The number of primary amides is 1. The third-order valence-corrected chi connectivity index (χ3v) is 12.6. The van der Waals surface area contributed by atoms with Gasteiger partial charge in [-0.25, -0.2) is 0 Å². The van der Waals surface area contributed by atoms with Crippen LogP contribution in [-0.4, -0.2) is 108 Å². The molecule has 218 valence electrons. The topological polar surface area (TPSA) is 146 Å². The van der Waals surface area contributed by atoms with E-state index in [4.69, 9.17) is 15.2 Å². The van der Waals surface area contributed by atoms with Crippen LogP contribution < -0.4 is 27.4 Å². The van der Waals surface area contributed by atoms with E-state index in [1.165, 1.54) is 25.7 Å². The molecule has 0 aromatic carbocycles. The number of thioether (sulfide) groups is 2. The van der Waals surface area contributed by atoms with Crippen LogP contribution >= 0.6 is 23.5 Å². The Morgan fingerprint density at radius 3 is 2.74 bits per heavy atom. The maximum atomic E-state index is 13.0. The van der Waals surface area contributed by atoms with Crippen LogP contribution in [0.3, 0.4) is 0 Å². The fraction of sp³-hybridized carbons (Fsp3) is 0.852. The molecule has 5 aliphatic heterocycles. The second-order valence-corrected chi connectivity index (χ2v) is 14.7. The monoisotopic (exact) mass is 581 g/mol. The van der Waals surface area contributed by atoms with Crippen molar-refractivity contribution in [3.05, 3.63) is 11.1 Å². The zero-order valence-corrected chi connectivity index (χ0v) is 24.4. The van der Waals surface area contributed by atoms with Crippen LogP contribution in [0, 0.1) is 5.92 Å². The summed E-state index contributed by atoms with van der Waals surface area (Å²) in [5.74, 6) is 0.153. The fourth-order valence-electron chi connectivity index (χ4n) is 7.26. The number of hydrogen-bond donors (Lipinski definition) is 5. The summed E-state index contributed by atoms with van der Waals surface area (Å²) >= 11 is 3.80. The second kappa shape index (κ2) is 12.6. The van der Waals surface area contributed by atoms with E-state index < -0.39 is 0 Å². The lowest BCUT2D eigenvalue weighted by atomic mass is 9.88. The molecular formula is C27H45N6O4S2+. The van der Waals surface area contributed by atoms with Crippen molar-refractivity contribution in [2.45, 2.75) is 97.1 Å². The first-order valence-corrected chi connectivity index (χ1v) is 16.7. The van der Waals surface area contributed by atoms with Gasteiger partial charge in [0.2, 0.25) is 5.91 Å². The third-order valence-electron chi connectivity index (χ3n) is 9.43. The highest BCUT2D eigenvalue weighted by atomic mass is 32.2. The zero-order chi connectivity index (χ0) is 26.9. The molecule has 0 bridgehead atoms. The molecular weight excluding hydrogens is 536 g/mol. The van der Waals surface area contributed by atoms with Gasteiger partial charge in [-0.2, -0.15) is 0 Å². The second-order valence-electron chi connectivity index (χ2n) is 12.0. The number of ketones is 1. The number of piperidine rings is 1. The maximum absolute atomic E-state index is 13.0. The highest BCUT2D eigenvalue weighted by Crippen LogP contribution is 2.48. The largest absolute Gasteiger partial charge is 0.378 e. The van der Waals surface area contributed by atoms with Crippen LogP contribution in [0.5, 0.6) is 0 Å². The first kappa shape index (κ1) is 28.3. The maximum Gasteiger partial charge on any atom is 0.236 e. The normalized spacial score (nSPS) is 43.3. The van der Waals surface area contributed by atoms with Crippen molar-refractivity contribution >= 4 is 35.2 Å². The molecule has 8 unspecified atom stereocenters. The molecule has 1 saturated carbocycles. The number of ether oxygens (including phenoxy) is 2. The number of carbonyl (C=O) groups excluding carboxylic acids is 2. The average molecular weight is 582 g/mol. The minimum Gasteiger partial charge on any atom is -0.378 e. The van der Waals surface area contributed by atoms with Crippen molar-refractivity contribution in [1.29, 1.82) is 0 Å². The Morgan fingerprint density at radius 1 is 1.13 bits per heavy atom. The van der Waals surface area contributed by atoms with E-state index in [9.17, 15) is 9.59 Å². The number of morpholine rings is 1. The molecule has 0 spiro atoms. The summed E-state index contributed by atoms with van der Waals surface area (Å²) in [6.45, 7) is 4.48. The van der Waals surface area contributed by atoms with Gasteiger partial charge < -0.3 is 41.8 Å². The summed E-state index contributed by atoms with van der Waals surface area (Å²) in [7, 11) is 0. The predicted octanol–water partition coefficient (Wildman–Crippen LogP) is -0.602. The van der Waals surface area contributed by atoms with E-state index in [0.717, 1.165) is 43.9 Å². The summed E-state index contributed by atoms with van der Waals surface area (Å²) in [6, 6.07) is 0.823. The Balaban J connectivity index is 1.06. The van der Waals surface area contributed by atoms with Gasteiger partial charge in [-0.05, 0) is 32.1 Å². The lowest BCUT2D eigenvalue weighted by Gasteiger charge is -2.40. The molecule has 0 aromatic heterocycles. The highest BCUT2D eigenvalue weighted by Gasteiger charge is 2.50. The Morgan fingerprint density at radius 2 is 1.95 bits per heavy atom. The summed E-state index contributed by atoms with van der Waals surface area (Å²) in [6.07, 6.45) is 9.35. The van der Waals surface area contributed by atoms with Crippen LogP contribution in [0.2, 0.25) is 0 Å². The van der Waals surface area contributed by atoms with Crippen molar-refractivity contribution in [1.82, 2.24) is 20.9 Å². The van der Waals surface area contributed by atoms with Crippen LogP contribution in [0.25, 0.3) is 0 Å². The smallest absolute Gasteiger partial charge is 0.236 e. The zero-order valence-electron chi connectivity index (χ0n) is 22.7. The van der Waals surface area contributed by atoms with Crippen molar-refractivity contribution in [2.24, 2.45) is 11.7 Å². The molecule has 6 rings (SSSR count). The van der Waals surface area contributed by atoms with Crippen LogP contribution in [-0.2, 0) is 19.1 Å². The average Bonchev–Trinajstić information content (AvgIpc) is 3.58. The Hall–Kier alpha value is -0.860. The molecule has 5 fully saturated rings. The number of fused-ring (bicyclic) bond motifs is 1.